The molecule has 6 nitrogen and oxygen atoms in total. The van der Waals surface area contributed by atoms with Crippen molar-refractivity contribution in [3.63, 3.8) is 0 Å². The van der Waals surface area contributed by atoms with Crippen molar-refractivity contribution in [2.24, 2.45) is 0 Å². The Bertz CT molecular complexity index is 714. The topological polar surface area (TPSA) is 71.1 Å². The lowest BCUT2D eigenvalue weighted by Gasteiger charge is -2.12. The Kier molecular flexibility index (Phi) is 6.39. The minimum absolute atomic E-state index is 0.198. The molecule has 2 aromatic carbocycles. The second-order valence-electron chi connectivity index (χ2n) is 5.09. The van der Waals surface area contributed by atoms with Crippen LogP contribution < -0.4 is 14.2 Å². The molecule has 0 bridgehead atoms. The molecule has 6 heteroatoms. The minimum atomic E-state index is -0.587. The maximum absolute atomic E-state index is 12.4. The number of rotatable bonds is 7. The normalized spacial score (nSPS) is 10.0. The smallest absolute Gasteiger partial charge is 0.343 e. The maximum atomic E-state index is 12.4. The van der Waals surface area contributed by atoms with Crippen LogP contribution in [0.3, 0.4) is 0 Å². The summed E-state index contributed by atoms with van der Waals surface area (Å²) in [7, 11) is 2.95. The summed E-state index contributed by atoms with van der Waals surface area (Å²) in [6.45, 7) is 2.27. The van der Waals surface area contributed by atoms with Crippen molar-refractivity contribution in [2.75, 3.05) is 20.8 Å². The number of esters is 2. The molecule has 0 aliphatic carbocycles. The largest absolute Gasteiger partial charge is 0.493 e. The first-order valence-electron chi connectivity index (χ1n) is 7.81. The van der Waals surface area contributed by atoms with Crippen molar-refractivity contribution in [1.29, 1.82) is 0 Å². The minimum Gasteiger partial charge on any atom is -0.493 e. The number of carbonyl (C=O) groups excluding carboxylic acids is 2. The van der Waals surface area contributed by atoms with Gasteiger partial charge < -0.3 is 18.9 Å². The van der Waals surface area contributed by atoms with Crippen molar-refractivity contribution in [1.82, 2.24) is 0 Å². The molecule has 0 spiro atoms. The summed E-state index contributed by atoms with van der Waals surface area (Å²) < 4.78 is 20.8. The summed E-state index contributed by atoms with van der Waals surface area (Å²) in [6.07, 6.45) is 0.747. The Morgan fingerprint density at radius 3 is 1.84 bits per heavy atom. The van der Waals surface area contributed by atoms with Crippen LogP contribution in [0.15, 0.2) is 42.5 Å². The van der Waals surface area contributed by atoms with Crippen molar-refractivity contribution >= 4 is 11.9 Å². The molecule has 0 aliphatic heterocycles. The molecule has 0 aliphatic rings. The van der Waals surface area contributed by atoms with Crippen molar-refractivity contribution < 1.29 is 28.5 Å². The predicted molar refractivity (Wildman–Crippen MR) is 91.5 cm³/mol. The highest BCUT2D eigenvalue weighted by Crippen LogP contribution is 2.37. The van der Waals surface area contributed by atoms with Gasteiger partial charge in [-0.3, -0.25) is 0 Å². The fraction of sp³-hybridized carbons (Fsp3) is 0.263. The zero-order valence-corrected chi connectivity index (χ0v) is 14.4. The molecule has 0 heterocycles. The summed E-state index contributed by atoms with van der Waals surface area (Å²) >= 11 is 0. The molecule has 2 rings (SSSR count). The van der Waals surface area contributed by atoms with Crippen LogP contribution in [0.25, 0.3) is 0 Å². The zero-order valence-electron chi connectivity index (χ0n) is 14.4. The van der Waals surface area contributed by atoms with E-state index < -0.39 is 11.9 Å². The molecule has 0 saturated carbocycles. The van der Waals surface area contributed by atoms with E-state index in [1.165, 1.54) is 38.5 Å². The highest BCUT2D eigenvalue weighted by molar-refractivity contribution is 5.94. The molecule has 0 N–H and O–H groups in total. The Morgan fingerprint density at radius 2 is 1.36 bits per heavy atom. The quantitative estimate of drug-likeness (QED) is 0.566. The van der Waals surface area contributed by atoms with Gasteiger partial charge in [0, 0.05) is 0 Å². The second-order valence-corrected chi connectivity index (χ2v) is 5.09. The van der Waals surface area contributed by atoms with Crippen molar-refractivity contribution in [3.05, 3.63) is 53.6 Å². The number of ether oxygens (including phenoxy) is 4. The van der Waals surface area contributed by atoms with E-state index in [0.29, 0.717) is 29.2 Å². The average Bonchev–Trinajstić information content (AvgIpc) is 2.66. The van der Waals surface area contributed by atoms with E-state index in [1.54, 1.807) is 18.2 Å². The molecular weight excluding hydrogens is 324 g/mol. The lowest BCUT2D eigenvalue weighted by molar-refractivity contribution is 0.0504. The predicted octanol–water partition coefficient (Wildman–Crippen LogP) is 3.49. The van der Waals surface area contributed by atoms with E-state index in [-0.39, 0.29) is 5.75 Å². The van der Waals surface area contributed by atoms with Crippen LogP contribution in [0.5, 0.6) is 17.2 Å². The third-order valence-corrected chi connectivity index (χ3v) is 3.37. The molecule has 25 heavy (non-hydrogen) atoms. The molecule has 0 radical (unpaired) electrons. The molecule has 0 fully saturated rings. The number of para-hydroxylation sites is 1. The monoisotopic (exact) mass is 344 g/mol. The van der Waals surface area contributed by atoms with Crippen LogP contribution >= 0.6 is 0 Å². The van der Waals surface area contributed by atoms with E-state index in [9.17, 15) is 9.59 Å². The number of benzene rings is 2. The van der Waals surface area contributed by atoms with Gasteiger partial charge in [-0.05, 0) is 42.8 Å². The summed E-state index contributed by atoms with van der Waals surface area (Å²) in [5.41, 5.74) is 0.667. The van der Waals surface area contributed by atoms with Crippen LogP contribution in [-0.4, -0.2) is 32.8 Å². The van der Waals surface area contributed by atoms with Gasteiger partial charge in [0.1, 0.15) is 0 Å². The fourth-order valence-electron chi connectivity index (χ4n) is 2.09. The molecular formula is C19H20O6. The van der Waals surface area contributed by atoms with Crippen LogP contribution in [0.2, 0.25) is 0 Å². The Balaban J connectivity index is 2.15. The lowest BCUT2D eigenvalue weighted by atomic mass is 10.1. The molecule has 2 aromatic rings. The van der Waals surface area contributed by atoms with Gasteiger partial charge in [0.05, 0.1) is 32.0 Å². The highest BCUT2D eigenvalue weighted by atomic mass is 16.6. The number of hydrogen-bond donors (Lipinski definition) is 0. The van der Waals surface area contributed by atoms with Gasteiger partial charge in [0.25, 0.3) is 0 Å². The first-order valence-corrected chi connectivity index (χ1v) is 7.81. The maximum Gasteiger partial charge on any atom is 0.343 e. The zero-order chi connectivity index (χ0) is 18.2. The molecule has 0 atom stereocenters. The van der Waals surface area contributed by atoms with Crippen LogP contribution in [0.4, 0.5) is 0 Å². The van der Waals surface area contributed by atoms with Gasteiger partial charge in [-0.15, -0.1) is 0 Å². The van der Waals surface area contributed by atoms with E-state index in [4.69, 9.17) is 18.9 Å². The van der Waals surface area contributed by atoms with Crippen LogP contribution in [-0.2, 0) is 4.74 Å². The summed E-state index contributed by atoms with van der Waals surface area (Å²) in [5, 5.41) is 0. The van der Waals surface area contributed by atoms with Gasteiger partial charge in [0.2, 0.25) is 5.75 Å². The molecule has 132 valence electrons. The first-order chi connectivity index (χ1) is 12.1. The van der Waals surface area contributed by atoms with Gasteiger partial charge in [-0.25, -0.2) is 9.59 Å². The van der Waals surface area contributed by atoms with Gasteiger partial charge >= 0.3 is 11.9 Å². The van der Waals surface area contributed by atoms with E-state index in [2.05, 4.69) is 0 Å². The van der Waals surface area contributed by atoms with Crippen LogP contribution in [0.1, 0.15) is 34.1 Å². The standard InChI is InChI=1S/C19H20O6/c1-4-12-24-18(20)13-8-10-14(11-9-13)19(21)25-17-15(22-2)6-5-7-16(17)23-3/h5-11H,4,12H2,1-3H3. The lowest BCUT2D eigenvalue weighted by Crippen LogP contribution is -2.11. The third kappa shape index (κ3) is 4.50. The van der Waals surface area contributed by atoms with E-state index in [0.717, 1.165) is 6.42 Å². The molecule has 0 aromatic heterocycles. The number of methoxy groups -OCH3 is 2. The van der Waals surface area contributed by atoms with Gasteiger partial charge in [-0.1, -0.05) is 13.0 Å². The molecule has 0 unspecified atom stereocenters. The van der Waals surface area contributed by atoms with Crippen LogP contribution in [0, 0.1) is 0 Å². The third-order valence-electron chi connectivity index (χ3n) is 3.37. The summed E-state index contributed by atoms with van der Waals surface area (Å²) in [4.78, 5) is 24.1. The molecule has 0 amide bonds. The Morgan fingerprint density at radius 1 is 0.840 bits per heavy atom. The number of hydrogen-bond acceptors (Lipinski definition) is 6. The average molecular weight is 344 g/mol. The summed E-state index contributed by atoms with van der Waals surface area (Å²) in [5.74, 6) is -0.0479. The van der Waals surface area contributed by atoms with Crippen molar-refractivity contribution in [2.45, 2.75) is 13.3 Å². The Labute approximate surface area is 146 Å². The highest BCUT2D eigenvalue weighted by Gasteiger charge is 2.17. The SMILES string of the molecule is CCCOC(=O)c1ccc(C(=O)Oc2c(OC)cccc2OC)cc1. The summed E-state index contributed by atoms with van der Waals surface area (Å²) in [6, 6.07) is 11.1. The van der Waals surface area contributed by atoms with Crippen molar-refractivity contribution in [3.8, 4) is 17.2 Å². The van der Waals surface area contributed by atoms with Gasteiger partial charge in [0.15, 0.2) is 11.5 Å². The van der Waals surface area contributed by atoms with Gasteiger partial charge in [-0.2, -0.15) is 0 Å². The Hall–Kier alpha value is -3.02. The van der Waals surface area contributed by atoms with E-state index >= 15 is 0 Å². The fourth-order valence-corrected chi connectivity index (χ4v) is 2.09. The molecule has 0 saturated heterocycles. The number of carbonyl (C=O) groups is 2. The second kappa shape index (κ2) is 8.73. The van der Waals surface area contributed by atoms with E-state index in [1.807, 2.05) is 6.92 Å². The first kappa shape index (κ1) is 18.3.